The van der Waals surface area contributed by atoms with Crippen LogP contribution >= 0.6 is 22.6 Å². The minimum Gasteiger partial charge on any atom is -0.397 e. The van der Waals surface area contributed by atoms with E-state index in [4.69, 9.17) is 5.73 Å². The fraction of sp³-hybridized carbons (Fsp3) is 0.133. The first-order valence-electron chi connectivity index (χ1n) is 6.16. The smallest absolute Gasteiger partial charge is 0.259 e. The third-order valence-electron chi connectivity index (χ3n) is 2.95. The van der Waals surface area contributed by atoms with Gasteiger partial charge in [-0.1, -0.05) is 12.1 Å². The lowest BCUT2D eigenvalue weighted by molar-refractivity contribution is 0.0987. The fourth-order valence-electron chi connectivity index (χ4n) is 1.97. The number of anilines is 2. The predicted octanol–water partition coefficient (Wildman–Crippen LogP) is 3.68. The topological polar surface area (TPSA) is 46.3 Å². The Bertz CT molecular complexity index is 646. The van der Waals surface area contributed by atoms with Crippen LogP contribution < -0.4 is 10.6 Å². The highest BCUT2D eigenvalue weighted by molar-refractivity contribution is 14.1. The molecule has 2 aromatic carbocycles. The van der Waals surface area contributed by atoms with Crippen molar-refractivity contribution in [2.45, 2.75) is 6.92 Å². The molecular formula is C15H14FIN2O. The van der Waals surface area contributed by atoms with Gasteiger partial charge in [0.05, 0.1) is 16.9 Å². The van der Waals surface area contributed by atoms with Crippen LogP contribution in [0, 0.1) is 9.39 Å². The number of halogens is 2. The number of hydrogen-bond acceptors (Lipinski definition) is 2. The van der Waals surface area contributed by atoms with Gasteiger partial charge in [0.15, 0.2) is 0 Å². The van der Waals surface area contributed by atoms with Gasteiger partial charge in [-0.05, 0) is 59.8 Å². The predicted molar refractivity (Wildman–Crippen MR) is 87.3 cm³/mol. The van der Waals surface area contributed by atoms with Crippen LogP contribution in [0.4, 0.5) is 15.8 Å². The van der Waals surface area contributed by atoms with Gasteiger partial charge in [-0.15, -0.1) is 0 Å². The number of nitrogens with zero attached hydrogens (tertiary/aromatic N) is 1. The second-order valence-electron chi connectivity index (χ2n) is 4.23. The average Bonchev–Trinajstić information content (AvgIpc) is 2.41. The highest BCUT2D eigenvalue weighted by Gasteiger charge is 2.20. The quantitative estimate of drug-likeness (QED) is 0.649. The summed E-state index contributed by atoms with van der Waals surface area (Å²) in [5, 5.41) is 0. The van der Waals surface area contributed by atoms with Gasteiger partial charge in [0.2, 0.25) is 0 Å². The van der Waals surface area contributed by atoms with Crippen molar-refractivity contribution < 1.29 is 9.18 Å². The summed E-state index contributed by atoms with van der Waals surface area (Å²) in [6.45, 7) is 2.36. The summed E-state index contributed by atoms with van der Waals surface area (Å²) < 4.78 is 13.7. The maximum absolute atomic E-state index is 13.1. The molecule has 0 fully saturated rings. The summed E-state index contributed by atoms with van der Waals surface area (Å²) in [5.41, 5.74) is 7.60. The van der Waals surface area contributed by atoms with Crippen molar-refractivity contribution in [1.29, 1.82) is 0 Å². The van der Waals surface area contributed by atoms with E-state index in [0.717, 1.165) is 0 Å². The fourth-order valence-corrected chi connectivity index (χ4v) is 2.67. The van der Waals surface area contributed by atoms with Gasteiger partial charge in [0, 0.05) is 10.1 Å². The molecule has 0 atom stereocenters. The molecule has 2 N–H and O–H groups in total. The standard InChI is InChI=1S/C15H14FIN2O/c1-2-19(14-6-4-3-5-13(14)18)15(20)11-8-7-10(16)9-12(11)17/h3-9H,2,18H2,1H3. The van der Waals surface area contributed by atoms with Gasteiger partial charge in [-0.25, -0.2) is 4.39 Å². The molecule has 0 bridgehead atoms. The first kappa shape index (κ1) is 14.8. The largest absolute Gasteiger partial charge is 0.397 e. The first-order chi connectivity index (χ1) is 9.54. The van der Waals surface area contributed by atoms with Crippen LogP contribution in [-0.4, -0.2) is 12.5 Å². The number of rotatable bonds is 3. The minimum atomic E-state index is -0.353. The SMILES string of the molecule is CCN(C(=O)c1ccc(F)cc1I)c1ccccc1N. The third kappa shape index (κ3) is 2.92. The molecule has 104 valence electrons. The Morgan fingerprint density at radius 1 is 1.30 bits per heavy atom. The van der Waals surface area contributed by atoms with Crippen LogP contribution in [0.5, 0.6) is 0 Å². The average molecular weight is 384 g/mol. The molecule has 0 heterocycles. The Kier molecular flexibility index (Phi) is 4.59. The van der Waals surface area contributed by atoms with Gasteiger partial charge < -0.3 is 10.6 Å². The summed E-state index contributed by atoms with van der Waals surface area (Å²) >= 11 is 1.96. The van der Waals surface area contributed by atoms with Crippen molar-refractivity contribution in [3.05, 3.63) is 57.4 Å². The molecule has 3 nitrogen and oxygen atoms in total. The monoisotopic (exact) mass is 384 g/mol. The van der Waals surface area contributed by atoms with Gasteiger partial charge >= 0.3 is 0 Å². The Hall–Kier alpha value is -1.63. The van der Waals surface area contributed by atoms with Crippen molar-refractivity contribution in [3.63, 3.8) is 0 Å². The second-order valence-corrected chi connectivity index (χ2v) is 5.39. The van der Waals surface area contributed by atoms with Crippen molar-refractivity contribution in [2.24, 2.45) is 0 Å². The number of para-hydroxylation sites is 2. The number of carbonyl (C=O) groups is 1. The molecule has 20 heavy (non-hydrogen) atoms. The molecule has 0 aliphatic heterocycles. The van der Waals surface area contributed by atoms with Crippen molar-refractivity contribution in [2.75, 3.05) is 17.2 Å². The molecule has 0 aliphatic rings. The Balaban J connectivity index is 2.42. The van der Waals surface area contributed by atoms with Crippen LogP contribution in [-0.2, 0) is 0 Å². The number of carbonyl (C=O) groups excluding carboxylic acids is 1. The van der Waals surface area contributed by atoms with Crippen molar-refractivity contribution in [1.82, 2.24) is 0 Å². The van der Waals surface area contributed by atoms with Gasteiger partial charge in [0.25, 0.3) is 5.91 Å². The molecular weight excluding hydrogens is 370 g/mol. The molecule has 5 heteroatoms. The number of benzene rings is 2. The van der Waals surface area contributed by atoms with Crippen molar-refractivity contribution in [3.8, 4) is 0 Å². The van der Waals surface area contributed by atoms with E-state index < -0.39 is 0 Å². The summed E-state index contributed by atoms with van der Waals surface area (Å²) in [6.07, 6.45) is 0. The first-order valence-corrected chi connectivity index (χ1v) is 7.24. The zero-order valence-electron chi connectivity index (χ0n) is 10.9. The van der Waals surface area contributed by atoms with Crippen LogP contribution in [0.2, 0.25) is 0 Å². The van der Waals surface area contributed by atoms with E-state index in [1.54, 1.807) is 17.0 Å². The van der Waals surface area contributed by atoms with E-state index >= 15 is 0 Å². The van der Waals surface area contributed by atoms with Crippen LogP contribution in [0.1, 0.15) is 17.3 Å². The lowest BCUT2D eigenvalue weighted by Gasteiger charge is -2.23. The lowest BCUT2D eigenvalue weighted by atomic mass is 10.1. The van der Waals surface area contributed by atoms with Crippen LogP contribution in [0.25, 0.3) is 0 Å². The normalized spacial score (nSPS) is 10.3. The summed E-state index contributed by atoms with van der Waals surface area (Å²) in [4.78, 5) is 14.2. The van der Waals surface area contributed by atoms with E-state index in [1.807, 2.05) is 41.6 Å². The second kappa shape index (κ2) is 6.21. The Morgan fingerprint density at radius 3 is 2.60 bits per heavy atom. The molecule has 2 rings (SSSR count). The van der Waals surface area contributed by atoms with Crippen LogP contribution in [0.3, 0.4) is 0 Å². The lowest BCUT2D eigenvalue weighted by Crippen LogP contribution is -2.31. The van der Waals surface area contributed by atoms with Gasteiger partial charge in [-0.3, -0.25) is 4.79 Å². The van der Waals surface area contributed by atoms with Gasteiger partial charge in [0.1, 0.15) is 5.82 Å². The summed E-state index contributed by atoms with van der Waals surface area (Å²) in [5.74, 6) is -0.539. The molecule has 2 aromatic rings. The molecule has 1 amide bonds. The number of amides is 1. The molecule has 0 spiro atoms. The maximum atomic E-state index is 13.1. The van der Waals surface area contributed by atoms with E-state index in [2.05, 4.69) is 0 Å². The highest BCUT2D eigenvalue weighted by atomic mass is 127. The zero-order valence-corrected chi connectivity index (χ0v) is 13.1. The van der Waals surface area contributed by atoms with E-state index in [9.17, 15) is 9.18 Å². The summed E-state index contributed by atoms with van der Waals surface area (Å²) in [6, 6.07) is 11.3. The van der Waals surface area contributed by atoms with E-state index in [1.165, 1.54) is 18.2 Å². The van der Waals surface area contributed by atoms with Crippen LogP contribution in [0.15, 0.2) is 42.5 Å². The Morgan fingerprint density at radius 2 is 2.00 bits per heavy atom. The van der Waals surface area contributed by atoms with Crippen molar-refractivity contribution >= 4 is 39.9 Å². The molecule has 0 aliphatic carbocycles. The van der Waals surface area contributed by atoms with E-state index in [0.29, 0.717) is 27.1 Å². The highest BCUT2D eigenvalue weighted by Crippen LogP contribution is 2.25. The maximum Gasteiger partial charge on any atom is 0.259 e. The molecule has 0 saturated carbocycles. The summed E-state index contributed by atoms with van der Waals surface area (Å²) in [7, 11) is 0. The third-order valence-corrected chi connectivity index (χ3v) is 3.84. The van der Waals surface area contributed by atoms with E-state index in [-0.39, 0.29) is 11.7 Å². The molecule has 0 unspecified atom stereocenters. The molecule has 0 saturated heterocycles. The zero-order chi connectivity index (χ0) is 14.7. The molecule has 0 aromatic heterocycles. The van der Waals surface area contributed by atoms with Gasteiger partial charge in [-0.2, -0.15) is 0 Å². The number of hydrogen-bond donors (Lipinski definition) is 1. The molecule has 0 radical (unpaired) electrons. The Labute approximate surface area is 130 Å². The minimum absolute atomic E-state index is 0.185. The number of nitrogen functional groups attached to an aromatic ring is 1. The number of nitrogens with two attached hydrogens (primary N) is 1.